The molecule has 1 aromatic heterocycles. The Bertz CT molecular complexity index is 418. The molecule has 0 saturated carbocycles. The summed E-state index contributed by atoms with van der Waals surface area (Å²) in [4.78, 5) is 11.9. The first kappa shape index (κ1) is 13.5. The maximum atomic E-state index is 11.9. The first-order valence-corrected chi connectivity index (χ1v) is 5.43. The van der Waals surface area contributed by atoms with Crippen molar-refractivity contribution in [3.8, 4) is 0 Å². The van der Waals surface area contributed by atoms with E-state index in [4.69, 9.17) is 15.6 Å². The van der Waals surface area contributed by atoms with Gasteiger partial charge in [0.05, 0.1) is 18.8 Å². The number of nitrogens with two attached hydrogens (primary N) is 1. The molecule has 96 valence electrons. The Morgan fingerprint density at radius 2 is 2.12 bits per heavy atom. The number of carbonyl (C=O) groups is 1. The van der Waals surface area contributed by atoms with Crippen LogP contribution in [0.3, 0.4) is 0 Å². The zero-order chi connectivity index (χ0) is 13.2. The van der Waals surface area contributed by atoms with Crippen molar-refractivity contribution in [1.82, 2.24) is 9.78 Å². The lowest BCUT2D eigenvalue weighted by molar-refractivity contribution is 0.00699. The van der Waals surface area contributed by atoms with Crippen LogP contribution in [0.15, 0.2) is 0 Å². The van der Waals surface area contributed by atoms with Crippen molar-refractivity contribution in [1.29, 1.82) is 0 Å². The van der Waals surface area contributed by atoms with Crippen molar-refractivity contribution >= 4 is 11.8 Å². The number of aromatic nitrogens is 2. The van der Waals surface area contributed by atoms with Crippen molar-refractivity contribution in [2.24, 2.45) is 0 Å². The normalized spacial score (nSPS) is 11.6. The van der Waals surface area contributed by atoms with E-state index in [-0.39, 0.29) is 24.5 Å². The molecule has 0 bridgehead atoms. The van der Waals surface area contributed by atoms with Crippen LogP contribution in [0.2, 0.25) is 0 Å². The van der Waals surface area contributed by atoms with E-state index in [1.807, 2.05) is 0 Å². The number of anilines is 1. The lowest BCUT2D eigenvalue weighted by atomic mass is 10.2. The predicted molar refractivity (Wildman–Crippen MR) is 63.6 cm³/mol. The molecular formula is C11H19N3O3. The molecule has 0 saturated heterocycles. The average Bonchev–Trinajstić information content (AvgIpc) is 2.39. The van der Waals surface area contributed by atoms with Crippen molar-refractivity contribution in [2.45, 2.75) is 39.8 Å². The number of aliphatic hydroxyl groups excluding tert-OH is 1. The molecule has 0 aromatic carbocycles. The van der Waals surface area contributed by atoms with Gasteiger partial charge >= 0.3 is 5.97 Å². The minimum Gasteiger partial charge on any atom is -0.456 e. The second kappa shape index (κ2) is 4.75. The summed E-state index contributed by atoms with van der Waals surface area (Å²) in [6.45, 7) is 7.22. The van der Waals surface area contributed by atoms with Gasteiger partial charge in [-0.3, -0.25) is 0 Å². The van der Waals surface area contributed by atoms with Gasteiger partial charge in [0.15, 0.2) is 0 Å². The highest BCUT2D eigenvalue weighted by Crippen LogP contribution is 2.20. The molecule has 0 amide bonds. The molecule has 6 heteroatoms. The van der Waals surface area contributed by atoms with Crippen LogP contribution in [0.1, 0.15) is 36.8 Å². The highest BCUT2D eigenvalue weighted by molar-refractivity contribution is 5.95. The Morgan fingerprint density at radius 3 is 2.59 bits per heavy atom. The molecule has 0 aliphatic heterocycles. The quantitative estimate of drug-likeness (QED) is 0.761. The minimum atomic E-state index is -0.574. The second-order valence-corrected chi connectivity index (χ2v) is 4.79. The van der Waals surface area contributed by atoms with Gasteiger partial charge in [0.2, 0.25) is 0 Å². The first-order valence-electron chi connectivity index (χ1n) is 5.43. The van der Waals surface area contributed by atoms with E-state index in [1.165, 1.54) is 4.68 Å². The molecule has 0 fully saturated rings. The van der Waals surface area contributed by atoms with Gasteiger partial charge in [0, 0.05) is 0 Å². The highest BCUT2D eigenvalue weighted by atomic mass is 16.6. The second-order valence-electron chi connectivity index (χ2n) is 4.79. The van der Waals surface area contributed by atoms with Gasteiger partial charge in [0.25, 0.3) is 0 Å². The standard InChI is InChI=1S/C11H19N3O3/c1-7-8(10(16)17-11(2,3)4)9(12)14(13-7)5-6-15/h15H,5-6,12H2,1-4H3. The molecule has 17 heavy (non-hydrogen) atoms. The molecule has 0 unspecified atom stereocenters. The molecule has 1 aromatic rings. The summed E-state index contributed by atoms with van der Waals surface area (Å²) in [5.41, 5.74) is 6.00. The van der Waals surface area contributed by atoms with Gasteiger partial charge in [0.1, 0.15) is 17.0 Å². The van der Waals surface area contributed by atoms with Crippen LogP contribution in [0.25, 0.3) is 0 Å². The number of nitrogens with zero attached hydrogens (tertiary/aromatic N) is 2. The number of esters is 1. The van der Waals surface area contributed by atoms with Crippen LogP contribution in [0.4, 0.5) is 5.82 Å². The maximum absolute atomic E-state index is 11.9. The van der Waals surface area contributed by atoms with Gasteiger partial charge in [-0.1, -0.05) is 0 Å². The molecule has 6 nitrogen and oxygen atoms in total. The Morgan fingerprint density at radius 1 is 1.53 bits per heavy atom. The number of hydrogen-bond donors (Lipinski definition) is 2. The number of nitrogen functional groups attached to an aromatic ring is 1. The van der Waals surface area contributed by atoms with Gasteiger partial charge in [-0.05, 0) is 27.7 Å². The van der Waals surface area contributed by atoms with Gasteiger partial charge in [-0.2, -0.15) is 5.10 Å². The fraction of sp³-hybridized carbons (Fsp3) is 0.636. The van der Waals surface area contributed by atoms with E-state index < -0.39 is 11.6 Å². The van der Waals surface area contributed by atoms with Crippen molar-refractivity contribution < 1.29 is 14.6 Å². The Hall–Kier alpha value is -1.56. The lowest BCUT2D eigenvalue weighted by Crippen LogP contribution is -2.24. The first-order chi connectivity index (χ1) is 7.76. The number of aryl methyl sites for hydroxylation is 1. The summed E-state index contributed by atoms with van der Waals surface area (Å²) >= 11 is 0. The third-order valence-electron chi connectivity index (χ3n) is 2.08. The third-order valence-corrected chi connectivity index (χ3v) is 2.08. The molecule has 0 radical (unpaired) electrons. The fourth-order valence-corrected chi connectivity index (χ4v) is 1.45. The van der Waals surface area contributed by atoms with Crippen molar-refractivity contribution in [2.75, 3.05) is 12.3 Å². The number of aliphatic hydroxyl groups is 1. The van der Waals surface area contributed by atoms with Crippen LogP contribution in [-0.4, -0.2) is 33.1 Å². The van der Waals surface area contributed by atoms with Crippen molar-refractivity contribution in [3.63, 3.8) is 0 Å². The van der Waals surface area contributed by atoms with E-state index >= 15 is 0 Å². The van der Waals surface area contributed by atoms with Gasteiger partial charge in [-0.25, -0.2) is 9.48 Å². The molecule has 0 spiro atoms. The molecule has 1 rings (SSSR count). The Labute approximate surface area is 100 Å². The van der Waals surface area contributed by atoms with E-state index in [2.05, 4.69) is 5.10 Å². The van der Waals surface area contributed by atoms with E-state index in [1.54, 1.807) is 27.7 Å². The van der Waals surface area contributed by atoms with Crippen LogP contribution < -0.4 is 5.73 Å². The molecule has 3 N–H and O–H groups in total. The summed E-state index contributed by atoms with van der Waals surface area (Å²) in [6, 6.07) is 0. The SMILES string of the molecule is Cc1nn(CCO)c(N)c1C(=O)OC(C)(C)C. The lowest BCUT2D eigenvalue weighted by Gasteiger charge is -2.19. The van der Waals surface area contributed by atoms with Crippen LogP contribution in [0.5, 0.6) is 0 Å². The van der Waals surface area contributed by atoms with Crippen LogP contribution >= 0.6 is 0 Å². The largest absolute Gasteiger partial charge is 0.456 e. The van der Waals surface area contributed by atoms with E-state index in [0.29, 0.717) is 5.69 Å². The summed E-state index contributed by atoms with van der Waals surface area (Å²) in [5, 5.41) is 12.9. The van der Waals surface area contributed by atoms with Crippen LogP contribution in [0, 0.1) is 6.92 Å². The number of rotatable bonds is 3. The number of carbonyl (C=O) groups excluding carboxylic acids is 1. The highest BCUT2D eigenvalue weighted by Gasteiger charge is 2.25. The van der Waals surface area contributed by atoms with E-state index in [0.717, 1.165) is 0 Å². The molecule has 1 heterocycles. The third kappa shape index (κ3) is 3.20. The smallest absolute Gasteiger partial charge is 0.344 e. The zero-order valence-corrected chi connectivity index (χ0v) is 10.6. The van der Waals surface area contributed by atoms with Crippen molar-refractivity contribution in [3.05, 3.63) is 11.3 Å². The van der Waals surface area contributed by atoms with Crippen LogP contribution in [-0.2, 0) is 11.3 Å². The van der Waals surface area contributed by atoms with E-state index in [9.17, 15) is 4.79 Å². The Balaban J connectivity index is 3.02. The molecule has 0 atom stereocenters. The molecule has 0 aliphatic rings. The Kier molecular flexibility index (Phi) is 3.77. The minimum absolute atomic E-state index is 0.0842. The predicted octanol–water partition coefficient (Wildman–Crippen LogP) is 0.721. The van der Waals surface area contributed by atoms with Gasteiger partial charge < -0.3 is 15.6 Å². The van der Waals surface area contributed by atoms with Gasteiger partial charge in [-0.15, -0.1) is 0 Å². The molecule has 0 aliphatic carbocycles. The number of ether oxygens (including phenoxy) is 1. The maximum Gasteiger partial charge on any atom is 0.344 e. The summed E-state index contributed by atoms with van der Waals surface area (Å²) in [7, 11) is 0. The summed E-state index contributed by atoms with van der Waals surface area (Å²) in [5.74, 6) is -0.262. The topological polar surface area (TPSA) is 90.4 Å². The summed E-state index contributed by atoms with van der Waals surface area (Å²) < 4.78 is 6.64. The number of hydrogen-bond acceptors (Lipinski definition) is 5. The average molecular weight is 241 g/mol. The summed E-state index contributed by atoms with van der Waals surface area (Å²) in [6.07, 6.45) is 0. The monoisotopic (exact) mass is 241 g/mol. The fourth-order valence-electron chi connectivity index (χ4n) is 1.45. The molecular weight excluding hydrogens is 222 g/mol. The zero-order valence-electron chi connectivity index (χ0n) is 10.6.